The van der Waals surface area contributed by atoms with Crippen LogP contribution in [0.3, 0.4) is 0 Å². The van der Waals surface area contributed by atoms with Crippen LogP contribution in [0.25, 0.3) is 54.8 Å². The minimum Gasteiger partial charge on any atom is -0.486 e. The minimum absolute atomic E-state index is 0. The van der Waals surface area contributed by atoms with E-state index in [0.29, 0.717) is 5.71 Å². The van der Waals surface area contributed by atoms with Gasteiger partial charge in [-0.2, -0.15) is 0 Å². The van der Waals surface area contributed by atoms with Crippen LogP contribution in [0.4, 0.5) is 0 Å². The topological polar surface area (TPSA) is 51.8 Å². The van der Waals surface area contributed by atoms with E-state index in [-0.39, 0.29) is 20.1 Å². The Morgan fingerprint density at radius 1 is 0.844 bits per heavy atom. The van der Waals surface area contributed by atoms with Crippen LogP contribution in [0, 0.1) is 52.2 Å². The molecule has 0 saturated heterocycles. The molecule has 0 spiro atoms. The third-order valence-electron chi connectivity index (χ3n) is 7.54. The van der Waals surface area contributed by atoms with Crippen molar-refractivity contribution in [2.75, 3.05) is 0 Å². The van der Waals surface area contributed by atoms with Gasteiger partial charge in [-0.25, -0.2) is 4.98 Å². The Morgan fingerprint density at radius 3 is 2.33 bits per heavy atom. The fraction of sp³-hybridized carbons (Fsp3) is 0.256. The van der Waals surface area contributed by atoms with Crippen LogP contribution in [0.15, 0.2) is 71.3 Å². The first-order chi connectivity index (χ1) is 21.7. The van der Waals surface area contributed by atoms with Gasteiger partial charge < -0.3 is 9.40 Å². The Balaban J connectivity index is 0.000000228. The molecule has 0 aliphatic rings. The number of benzene rings is 2. The van der Waals surface area contributed by atoms with Gasteiger partial charge in [0.1, 0.15) is 4.83 Å². The fourth-order valence-corrected chi connectivity index (χ4v) is 6.08. The van der Waals surface area contributed by atoms with Gasteiger partial charge in [0.05, 0.1) is 5.58 Å². The molecule has 0 bridgehead atoms. The largest absolute Gasteiger partial charge is 0.486 e. The molecule has 7 rings (SSSR count). The van der Waals surface area contributed by atoms with E-state index in [1.807, 2.05) is 83.3 Å². The second-order valence-corrected chi connectivity index (χ2v) is 13.6. The van der Waals surface area contributed by atoms with E-state index < -0.39 is 11.8 Å². The summed E-state index contributed by atoms with van der Waals surface area (Å²) >= 11 is 1.53. The fourth-order valence-electron chi connectivity index (χ4n) is 5.10. The van der Waals surface area contributed by atoms with E-state index in [9.17, 15) is 0 Å². The monoisotopic (exact) mass is 790 g/mol. The van der Waals surface area contributed by atoms with Crippen molar-refractivity contribution in [2.45, 2.75) is 61.8 Å². The summed E-state index contributed by atoms with van der Waals surface area (Å²) in [5, 5.41) is 2.84. The maximum Gasteiger partial charge on any atom is 0.216 e. The third kappa shape index (κ3) is 6.94. The number of pyridine rings is 3. The van der Waals surface area contributed by atoms with Crippen LogP contribution in [0.5, 0.6) is 0 Å². The van der Waals surface area contributed by atoms with E-state index in [1.165, 1.54) is 28.0 Å². The van der Waals surface area contributed by atoms with Crippen molar-refractivity contribution < 1.29 is 27.3 Å². The predicted molar refractivity (Wildman–Crippen MR) is 184 cm³/mol. The molecule has 7 aromatic rings. The van der Waals surface area contributed by atoms with Crippen molar-refractivity contribution >= 4 is 43.6 Å². The summed E-state index contributed by atoms with van der Waals surface area (Å²) in [6, 6.07) is 26.6. The van der Waals surface area contributed by atoms with Gasteiger partial charge >= 0.3 is 0 Å². The molecule has 4 nitrogen and oxygen atoms in total. The summed E-state index contributed by atoms with van der Waals surface area (Å²) in [4.78, 5) is 15.6. The van der Waals surface area contributed by atoms with Crippen molar-refractivity contribution in [2.24, 2.45) is 5.41 Å². The first-order valence-electron chi connectivity index (χ1n) is 15.8. The van der Waals surface area contributed by atoms with Gasteiger partial charge in [-0.1, -0.05) is 62.4 Å². The summed E-state index contributed by atoms with van der Waals surface area (Å²) in [5.41, 5.74) is 9.80. The van der Waals surface area contributed by atoms with Crippen LogP contribution >= 0.6 is 11.3 Å². The van der Waals surface area contributed by atoms with Crippen molar-refractivity contribution in [3.63, 3.8) is 0 Å². The third-order valence-corrected chi connectivity index (χ3v) is 8.56. The average Bonchev–Trinajstić information content (AvgIpc) is 3.54. The maximum atomic E-state index is 8.78. The van der Waals surface area contributed by atoms with Crippen molar-refractivity contribution in [1.82, 2.24) is 15.0 Å². The van der Waals surface area contributed by atoms with E-state index >= 15 is 0 Å². The second-order valence-electron chi connectivity index (χ2n) is 12.4. The molecular formula is C39H37IrN3OS-2. The Morgan fingerprint density at radius 2 is 1.62 bits per heavy atom. The molecule has 0 fully saturated rings. The molecule has 0 saturated carbocycles. The van der Waals surface area contributed by atoms with E-state index in [2.05, 4.69) is 61.1 Å². The Kier molecular flexibility index (Phi) is 8.63. The van der Waals surface area contributed by atoms with Gasteiger partial charge in [-0.05, 0) is 74.1 Å². The number of rotatable bonds is 3. The molecule has 0 N–H and O–H groups in total. The smallest absolute Gasteiger partial charge is 0.216 e. The Hall–Kier alpha value is -3.70. The second kappa shape index (κ2) is 13.0. The van der Waals surface area contributed by atoms with Crippen molar-refractivity contribution in [1.29, 1.82) is 0 Å². The van der Waals surface area contributed by atoms with Crippen molar-refractivity contribution in [3.8, 4) is 22.5 Å². The molecule has 5 heterocycles. The van der Waals surface area contributed by atoms with Gasteiger partial charge in [0.2, 0.25) is 5.71 Å². The van der Waals surface area contributed by atoms with Crippen LogP contribution in [-0.4, -0.2) is 15.0 Å². The molecule has 231 valence electrons. The molecule has 0 unspecified atom stereocenters. The number of hydrogen-bond acceptors (Lipinski definition) is 5. The predicted octanol–water partition coefficient (Wildman–Crippen LogP) is 10.7. The number of nitrogens with zero attached hydrogens (tertiary/aromatic N) is 3. The van der Waals surface area contributed by atoms with E-state index in [1.54, 1.807) is 0 Å². The van der Waals surface area contributed by atoms with E-state index in [4.69, 9.17) is 12.1 Å². The van der Waals surface area contributed by atoms with Gasteiger partial charge in [0.15, 0.2) is 0 Å². The number of fused-ring (bicyclic) bond motifs is 4. The first kappa shape index (κ1) is 30.0. The number of thiophene rings is 1. The summed E-state index contributed by atoms with van der Waals surface area (Å²) in [5.74, 6) is 0. The average molecular weight is 790 g/mol. The zero-order chi connectivity index (χ0) is 33.0. The quantitative estimate of drug-likeness (QED) is 0.167. The van der Waals surface area contributed by atoms with E-state index in [0.717, 1.165) is 65.2 Å². The van der Waals surface area contributed by atoms with Gasteiger partial charge in [0, 0.05) is 50.4 Å². The normalized spacial score (nSPS) is 12.4. The zero-order valence-corrected chi connectivity index (χ0v) is 30.1. The van der Waals surface area contributed by atoms with Gasteiger partial charge in [-0.3, -0.25) is 4.98 Å². The standard InChI is InChI=1S/C25H23N2OS.C14H14N.Ir/c1-14-9-10-17-16-7-6-8-19(22(16)28-23(17)26-14)21-12-11-18-20(13-25(3,4)5)15(2)29-24(18)27-21;1-10-4-6-13(7-5-10)14-8-11(2)12(3)9-15-14;/h6-7,9-12H,13H2,1-5H3;4-6,8-9H,1-3H3;/q2*-1;/i13D2;;. The van der Waals surface area contributed by atoms with Crippen LogP contribution in [0.2, 0.25) is 0 Å². The number of aryl methyl sites for hydroxylation is 5. The molecule has 0 atom stereocenters. The first-order valence-corrected chi connectivity index (χ1v) is 15.6. The number of hydrogen-bond donors (Lipinski definition) is 0. The molecule has 0 aliphatic heterocycles. The molecule has 0 amide bonds. The molecule has 0 aliphatic carbocycles. The summed E-state index contributed by atoms with van der Waals surface area (Å²) < 4.78 is 23.7. The zero-order valence-electron chi connectivity index (χ0n) is 28.8. The summed E-state index contributed by atoms with van der Waals surface area (Å²) in [7, 11) is 0. The molecule has 6 heteroatoms. The molecular weight excluding hydrogens is 751 g/mol. The molecule has 1 radical (unpaired) electrons. The summed E-state index contributed by atoms with van der Waals surface area (Å²) in [6.07, 6.45) is 0.450. The SMILES string of the molecule is Cc1c[c-]c(-c2cc(C)c(C)cn2)cc1.[2H]C([2H])(c1c(C)sc2nc(-c3[c-]ccc4c3oc3nc(C)ccc34)ccc12)C(C)(C)C.[Ir]. The number of aromatic nitrogens is 3. The van der Waals surface area contributed by atoms with Crippen LogP contribution < -0.4 is 0 Å². The molecule has 45 heavy (non-hydrogen) atoms. The molecule has 2 aromatic carbocycles. The van der Waals surface area contributed by atoms with Gasteiger partial charge in [0.25, 0.3) is 0 Å². The van der Waals surface area contributed by atoms with Crippen LogP contribution in [0.1, 0.15) is 56.3 Å². The minimum atomic E-state index is -1.47. The Bertz CT molecular complexity index is 2230. The molecule has 5 aromatic heterocycles. The summed E-state index contributed by atoms with van der Waals surface area (Å²) in [6.45, 7) is 16.0. The van der Waals surface area contributed by atoms with Crippen molar-refractivity contribution in [3.05, 3.63) is 112 Å². The van der Waals surface area contributed by atoms with Crippen LogP contribution in [-0.2, 0) is 26.5 Å². The number of furan rings is 1. The maximum absolute atomic E-state index is 8.78. The van der Waals surface area contributed by atoms with Gasteiger partial charge in [-0.15, -0.1) is 64.9 Å². The Labute approximate surface area is 286 Å².